The van der Waals surface area contributed by atoms with Crippen LogP contribution in [0.5, 0.6) is 0 Å². The Bertz CT molecular complexity index is 995. The number of aryl methyl sites for hydroxylation is 2. The van der Waals surface area contributed by atoms with Crippen molar-refractivity contribution < 1.29 is 19.5 Å². The summed E-state index contributed by atoms with van der Waals surface area (Å²) in [4.78, 5) is 35.8. The van der Waals surface area contributed by atoms with Gasteiger partial charge >= 0.3 is 5.97 Å². The number of hydrogen-bond donors (Lipinski definition) is 3. The lowest BCUT2D eigenvalue weighted by molar-refractivity contribution is 0.0686. The Balaban J connectivity index is 1.76. The Hall–Kier alpha value is -3.75. The molecule has 3 rings (SSSR count). The molecule has 9 nitrogen and oxygen atoms in total. The van der Waals surface area contributed by atoms with Crippen molar-refractivity contribution in [2.75, 3.05) is 10.7 Å². The fraction of sp³-hybridized carbons (Fsp3) is 0.118. The number of carboxylic acid groups (broad SMARTS) is 1. The highest BCUT2D eigenvalue weighted by atomic mass is 16.4. The number of carbonyl (C=O) groups excluding carboxylic acids is 2. The molecule has 9 heteroatoms. The third kappa shape index (κ3) is 3.22. The second-order valence-corrected chi connectivity index (χ2v) is 5.69. The lowest BCUT2D eigenvalue weighted by atomic mass is 10.3. The Morgan fingerprint density at radius 3 is 2.27 bits per heavy atom. The van der Waals surface area contributed by atoms with Crippen molar-refractivity contribution in [2.45, 2.75) is 0 Å². The molecule has 26 heavy (non-hydrogen) atoms. The Morgan fingerprint density at radius 2 is 1.62 bits per heavy atom. The molecule has 0 aromatic carbocycles. The molecule has 0 spiro atoms. The van der Waals surface area contributed by atoms with Crippen LogP contribution in [0.15, 0.2) is 48.9 Å². The van der Waals surface area contributed by atoms with Crippen molar-refractivity contribution in [3.63, 3.8) is 0 Å². The summed E-state index contributed by atoms with van der Waals surface area (Å²) in [7, 11) is 3.41. The highest BCUT2D eigenvalue weighted by Crippen LogP contribution is 2.15. The summed E-state index contributed by atoms with van der Waals surface area (Å²) in [6, 6.07) is 7.85. The molecular formula is C17H17N5O4. The van der Waals surface area contributed by atoms with Crippen LogP contribution >= 0.6 is 0 Å². The van der Waals surface area contributed by atoms with Gasteiger partial charge in [-0.3, -0.25) is 19.7 Å². The van der Waals surface area contributed by atoms with Crippen molar-refractivity contribution in [2.24, 2.45) is 14.1 Å². The van der Waals surface area contributed by atoms with E-state index in [9.17, 15) is 14.4 Å². The van der Waals surface area contributed by atoms with E-state index >= 15 is 0 Å². The zero-order valence-corrected chi connectivity index (χ0v) is 14.1. The van der Waals surface area contributed by atoms with E-state index < -0.39 is 11.9 Å². The molecule has 0 saturated heterocycles. The number of amides is 2. The van der Waals surface area contributed by atoms with Crippen molar-refractivity contribution in [3.8, 4) is 0 Å². The largest absolute Gasteiger partial charge is 0.477 e. The number of nitrogens with one attached hydrogen (secondary N) is 2. The molecule has 0 radical (unpaired) electrons. The van der Waals surface area contributed by atoms with E-state index in [0.29, 0.717) is 11.4 Å². The predicted octanol–water partition coefficient (Wildman–Crippen LogP) is 1.50. The van der Waals surface area contributed by atoms with Gasteiger partial charge in [-0.05, 0) is 30.3 Å². The Kier molecular flexibility index (Phi) is 4.36. The molecule has 2 amide bonds. The highest BCUT2D eigenvalue weighted by molar-refractivity contribution is 6.05. The van der Waals surface area contributed by atoms with Crippen LogP contribution in [0.3, 0.4) is 0 Å². The predicted molar refractivity (Wildman–Crippen MR) is 93.9 cm³/mol. The van der Waals surface area contributed by atoms with Crippen LogP contribution in [0.4, 0.5) is 5.69 Å². The van der Waals surface area contributed by atoms with Gasteiger partial charge in [0.1, 0.15) is 17.1 Å². The third-order valence-corrected chi connectivity index (χ3v) is 3.86. The molecular weight excluding hydrogens is 338 g/mol. The van der Waals surface area contributed by atoms with Gasteiger partial charge in [-0.1, -0.05) is 0 Å². The molecule has 0 saturated carbocycles. The first-order valence-electron chi connectivity index (χ1n) is 7.68. The number of anilines is 1. The first-order chi connectivity index (χ1) is 12.4. The number of aromatic carboxylic acids is 1. The van der Waals surface area contributed by atoms with Gasteiger partial charge in [0.05, 0.1) is 5.69 Å². The van der Waals surface area contributed by atoms with Gasteiger partial charge < -0.3 is 19.6 Å². The summed E-state index contributed by atoms with van der Waals surface area (Å²) in [6.45, 7) is 0. The molecule has 0 aliphatic heterocycles. The summed E-state index contributed by atoms with van der Waals surface area (Å²) >= 11 is 0. The van der Waals surface area contributed by atoms with Crippen LogP contribution in [-0.2, 0) is 14.1 Å². The van der Waals surface area contributed by atoms with E-state index in [2.05, 4.69) is 10.7 Å². The lowest BCUT2D eigenvalue weighted by Gasteiger charge is -2.08. The van der Waals surface area contributed by atoms with Gasteiger partial charge in [0.2, 0.25) is 0 Å². The van der Waals surface area contributed by atoms with Crippen LogP contribution in [-0.4, -0.2) is 36.7 Å². The molecule has 134 valence electrons. The van der Waals surface area contributed by atoms with E-state index in [0.717, 1.165) is 4.68 Å². The normalized spacial score (nSPS) is 10.5. The maximum atomic E-state index is 12.4. The molecule has 3 N–H and O–H groups in total. The molecule has 3 aromatic rings. The van der Waals surface area contributed by atoms with Gasteiger partial charge in [0.15, 0.2) is 0 Å². The molecule has 0 aliphatic carbocycles. The van der Waals surface area contributed by atoms with Crippen molar-refractivity contribution in [1.82, 2.24) is 13.8 Å². The van der Waals surface area contributed by atoms with Crippen LogP contribution < -0.4 is 10.7 Å². The van der Waals surface area contributed by atoms with Gasteiger partial charge in [0, 0.05) is 32.7 Å². The quantitative estimate of drug-likeness (QED) is 0.644. The Morgan fingerprint density at radius 1 is 0.923 bits per heavy atom. The smallest absolute Gasteiger partial charge is 0.354 e. The second kappa shape index (κ2) is 6.63. The van der Waals surface area contributed by atoms with Crippen molar-refractivity contribution >= 4 is 23.5 Å². The van der Waals surface area contributed by atoms with Crippen LogP contribution in [0.25, 0.3) is 0 Å². The first kappa shape index (κ1) is 17.1. The van der Waals surface area contributed by atoms with Crippen LogP contribution in [0, 0.1) is 0 Å². The number of carboxylic acids is 1. The first-order valence-corrected chi connectivity index (χ1v) is 7.68. The zero-order chi connectivity index (χ0) is 18.8. The van der Waals surface area contributed by atoms with Gasteiger partial charge in [-0.15, -0.1) is 0 Å². The van der Waals surface area contributed by atoms with E-state index in [1.165, 1.54) is 24.4 Å². The lowest BCUT2D eigenvalue weighted by Crippen LogP contribution is -2.26. The fourth-order valence-electron chi connectivity index (χ4n) is 2.57. The van der Waals surface area contributed by atoms with E-state index in [-0.39, 0.29) is 17.3 Å². The highest BCUT2D eigenvalue weighted by Gasteiger charge is 2.17. The summed E-state index contributed by atoms with van der Waals surface area (Å²) in [5, 5.41) is 11.8. The summed E-state index contributed by atoms with van der Waals surface area (Å²) in [6.07, 6.45) is 4.79. The standard InChI is InChI=1S/C17H17N5O4/c1-20-7-3-5-12(20)15(23)18-11-9-14(21(2)10-11)16(24)19-22-8-4-6-13(22)17(25)26/h3-10H,1-2H3,(H,18,23)(H,19,24)(H,25,26). The summed E-state index contributed by atoms with van der Waals surface area (Å²) in [5.74, 6) is -1.96. The number of aromatic nitrogens is 3. The third-order valence-electron chi connectivity index (χ3n) is 3.86. The summed E-state index contributed by atoms with van der Waals surface area (Å²) in [5.41, 5.74) is 3.63. The monoisotopic (exact) mass is 355 g/mol. The molecule has 3 aromatic heterocycles. The minimum absolute atomic E-state index is 0.0650. The van der Waals surface area contributed by atoms with Gasteiger partial charge in [-0.25, -0.2) is 4.79 Å². The summed E-state index contributed by atoms with van der Waals surface area (Å²) < 4.78 is 4.35. The number of nitrogens with zero attached hydrogens (tertiary/aromatic N) is 3. The average Bonchev–Trinajstić information content (AvgIpc) is 3.27. The van der Waals surface area contributed by atoms with Crippen LogP contribution in [0.1, 0.15) is 31.5 Å². The fourth-order valence-corrected chi connectivity index (χ4v) is 2.57. The zero-order valence-electron chi connectivity index (χ0n) is 14.1. The molecule has 3 heterocycles. The maximum Gasteiger partial charge on any atom is 0.354 e. The molecule has 0 unspecified atom stereocenters. The number of hydrogen-bond acceptors (Lipinski definition) is 3. The minimum atomic E-state index is -1.15. The van der Waals surface area contributed by atoms with E-state index in [4.69, 9.17) is 5.11 Å². The van der Waals surface area contributed by atoms with E-state index in [1.54, 1.807) is 47.8 Å². The van der Waals surface area contributed by atoms with Crippen molar-refractivity contribution in [3.05, 3.63) is 66.0 Å². The molecule has 0 fully saturated rings. The second-order valence-electron chi connectivity index (χ2n) is 5.69. The SMILES string of the molecule is Cn1cccc1C(=O)Nc1cc(C(=O)Nn2cccc2C(=O)O)n(C)c1. The molecule has 0 bridgehead atoms. The molecule has 0 atom stereocenters. The maximum absolute atomic E-state index is 12.4. The van der Waals surface area contributed by atoms with Gasteiger partial charge in [-0.2, -0.15) is 0 Å². The average molecular weight is 355 g/mol. The minimum Gasteiger partial charge on any atom is -0.477 e. The van der Waals surface area contributed by atoms with Gasteiger partial charge in [0.25, 0.3) is 11.8 Å². The number of carbonyl (C=O) groups is 3. The number of rotatable bonds is 5. The Labute approximate surface area is 148 Å². The van der Waals surface area contributed by atoms with Crippen LogP contribution in [0.2, 0.25) is 0 Å². The topological polar surface area (TPSA) is 110 Å². The van der Waals surface area contributed by atoms with Crippen molar-refractivity contribution in [1.29, 1.82) is 0 Å². The molecule has 0 aliphatic rings. The van der Waals surface area contributed by atoms with E-state index in [1.807, 2.05) is 0 Å².